The molecule has 2 unspecified atom stereocenters. The molecular weight excluding hydrogens is 490 g/mol. The molecule has 0 aliphatic heterocycles. The van der Waals surface area contributed by atoms with Crippen LogP contribution >= 0.6 is 0 Å². The Morgan fingerprint density at radius 3 is 2.06 bits per heavy atom. The highest BCUT2D eigenvalue weighted by Gasteiger charge is 2.47. The molecule has 0 aromatic carbocycles. The van der Waals surface area contributed by atoms with Gasteiger partial charge < -0.3 is 0 Å². The molecular formula is C20H24F6N4O3S. The average Bonchev–Trinajstić information content (AvgIpc) is 3.07. The second-order valence-electron chi connectivity index (χ2n) is 9.71. The predicted octanol–water partition coefficient (Wildman–Crippen LogP) is 4.69. The zero-order chi connectivity index (χ0) is 26.0. The number of hydrogen-bond acceptors (Lipinski definition) is 5. The van der Waals surface area contributed by atoms with E-state index in [0.717, 1.165) is 17.0 Å². The van der Waals surface area contributed by atoms with Crippen molar-refractivity contribution in [3.63, 3.8) is 0 Å². The van der Waals surface area contributed by atoms with Gasteiger partial charge in [-0.15, -0.1) is 0 Å². The first-order valence-corrected chi connectivity index (χ1v) is 12.2. The Labute approximate surface area is 192 Å². The normalized spacial score (nSPS) is 20.4. The Morgan fingerprint density at radius 2 is 1.59 bits per heavy atom. The van der Waals surface area contributed by atoms with Crippen LogP contribution in [0.15, 0.2) is 12.1 Å². The zero-order valence-electron chi connectivity index (χ0n) is 19.0. The first-order valence-electron chi connectivity index (χ1n) is 10.3. The topological polar surface area (TPSA) is 86.8 Å². The largest absolute Gasteiger partial charge is 0.435 e. The fourth-order valence-electron chi connectivity index (χ4n) is 3.88. The maximum atomic E-state index is 13.2. The number of rotatable bonds is 5. The zero-order valence-corrected chi connectivity index (χ0v) is 19.8. The quantitative estimate of drug-likeness (QED) is 0.541. The minimum Gasteiger partial charge on any atom is -0.272 e. The first kappa shape index (κ1) is 26.2. The van der Waals surface area contributed by atoms with E-state index in [-0.39, 0.29) is 23.7 Å². The highest BCUT2D eigenvalue weighted by Crippen LogP contribution is 2.47. The molecule has 2 aromatic heterocycles. The molecule has 14 heteroatoms. The van der Waals surface area contributed by atoms with E-state index in [1.54, 1.807) is 20.8 Å². The van der Waals surface area contributed by atoms with E-state index in [2.05, 4.69) is 10.2 Å². The number of aromatic nitrogens is 4. The summed E-state index contributed by atoms with van der Waals surface area (Å²) in [6.45, 7) is 6.44. The van der Waals surface area contributed by atoms with E-state index in [0.29, 0.717) is 16.6 Å². The molecule has 0 amide bonds. The first-order chi connectivity index (χ1) is 15.2. The highest BCUT2D eigenvalue weighted by atomic mass is 32.2. The van der Waals surface area contributed by atoms with Gasteiger partial charge in [-0.2, -0.15) is 40.6 Å². The third-order valence-corrected chi connectivity index (χ3v) is 6.61. The molecule has 3 rings (SSSR count). The van der Waals surface area contributed by atoms with Crippen molar-refractivity contribution in [3.8, 4) is 0 Å². The third kappa shape index (κ3) is 5.31. The van der Waals surface area contributed by atoms with Crippen LogP contribution < -0.4 is 0 Å². The van der Waals surface area contributed by atoms with Crippen molar-refractivity contribution in [2.45, 2.75) is 64.2 Å². The average molecular weight is 514 g/mol. The van der Waals surface area contributed by atoms with Crippen molar-refractivity contribution in [1.29, 1.82) is 0 Å². The number of halogens is 6. The summed E-state index contributed by atoms with van der Waals surface area (Å²) in [5.41, 5.74) is -3.43. The molecule has 0 N–H and O–H groups in total. The molecule has 1 aliphatic rings. The molecule has 1 saturated carbocycles. The summed E-state index contributed by atoms with van der Waals surface area (Å²) in [5, 5.41) is 6.67. The summed E-state index contributed by atoms with van der Waals surface area (Å²) >= 11 is 0. The van der Waals surface area contributed by atoms with Crippen molar-refractivity contribution in [1.82, 2.24) is 19.0 Å². The van der Waals surface area contributed by atoms with Crippen LogP contribution in [-0.2, 0) is 27.8 Å². The van der Waals surface area contributed by atoms with Gasteiger partial charge >= 0.3 is 12.4 Å². The lowest BCUT2D eigenvalue weighted by molar-refractivity contribution is -0.142. The van der Waals surface area contributed by atoms with Crippen molar-refractivity contribution >= 4 is 15.9 Å². The standard InChI is InChI=1S/C20H24F6N4O3S/c1-10(13-8-14(19(21,22)23)28-30(13)34(5,32)33)6-11-7-12(11)17(31)29-16(18(2,3)4)9-15(27-29)20(24,25)26/h8-12H,6-7H2,1-5H3/t10-,11?,12?/m1/s1. The van der Waals surface area contributed by atoms with Crippen molar-refractivity contribution in [2.24, 2.45) is 11.8 Å². The molecule has 1 aliphatic carbocycles. The molecule has 34 heavy (non-hydrogen) atoms. The molecule has 2 heterocycles. The lowest BCUT2D eigenvalue weighted by Crippen LogP contribution is -2.25. The second-order valence-corrected chi connectivity index (χ2v) is 11.5. The van der Waals surface area contributed by atoms with Crippen molar-refractivity contribution in [2.75, 3.05) is 6.26 Å². The minimum atomic E-state index is -4.85. The number of carbonyl (C=O) groups excluding carboxylic acids is 1. The van der Waals surface area contributed by atoms with E-state index < -0.39 is 56.9 Å². The van der Waals surface area contributed by atoms with Gasteiger partial charge in [0.2, 0.25) is 0 Å². The van der Waals surface area contributed by atoms with Gasteiger partial charge in [0.25, 0.3) is 15.9 Å². The summed E-state index contributed by atoms with van der Waals surface area (Å²) in [5.74, 6) is -2.39. The van der Waals surface area contributed by atoms with Gasteiger partial charge in [0.05, 0.1) is 17.6 Å². The van der Waals surface area contributed by atoms with Gasteiger partial charge in [-0.25, -0.2) is 13.1 Å². The fourth-order valence-corrected chi connectivity index (χ4v) is 4.73. The van der Waals surface area contributed by atoms with Crippen molar-refractivity contribution < 1.29 is 39.6 Å². The molecule has 0 spiro atoms. The van der Waals surface area contributed by atoms with Crippen LogP contribution in [0.2, 0.25) is 0 Å². The Kier molecular flexibility index (Phi) is 6.24. The molecule has 1 fully saturated rings. The molecule has 7 nitrogen and oxygen atoms in total. The van der Waals surface area contributed by atoms with E-state index >= 15 is 0 Å². The Bertz CT molecular complexity index is 1200. The Hall–Kier alpha value is -2.38. The number of carbonyl (C=O) groups is 1. The summed E-state index contributed by atoms with van der Waals surface area (Å²) < 4.78 is 104. The Morgan fingerprint density at radius 1 is 1.06 bits per heavy atom. The van der Waals surface area contributed by atoms with Crippen LogP contribution in [0, 0.1) is 11.8 Å². The lowest BCUT2D eigenvalue weighted by atomic mass is 9.91. The van der Waals surface area contributed by atoms with Crippen LogP contribution in [-0.4, -0.2) is 39.5 Å². The molecule has 0 saturated heterocycles. The molecule has 2 aromatic rings. The Balaban J connectivity index is 1.83. The lowest BCUT2D eigenvalue weighted by Gasteiger charge is -2.19. The van der Waals surface area contributed by atoms with Gasteiger partial charge in [-0.1, -0.05) is 27.7 Å². The van der Waals surface area contributed by atoms with E-state index in [9.17, 15) is 39.6 Å². The smallest absolute Gasteiger partial charge is 0.272 e. The van der Waals surface area contributed by atoms with Crippen molar-refractivity contribution in [3.05, 3.63) is 34.9 Å². The fraction of sp³-hybridized carbons (Fsp3) is 0.650. The van der Waals surface area contributed by atoms with Gasteiger partial charge in [0.1, 0.15) is 0 Å². The monoisotopic (exact) mass is 514 g/mol. The second kappa shape index (κ2) is 8.09. The van der Waals surface area contributed by atoms with Gasteiger partial charge in [-0.3, -0.25) is 4.79 Å². The maximum absolute atomic E-state index is 13.2. The SMILES string of the molecule is C[C@H](CC1CC1C(=O)n1nc(C(F)(F)F)cc1C(C)(C)C)c1cc(C(F)(F)F)nn1S(C)(=O)=O. The van der Waals surface area contributed by atoms with Gasteiger partial charge in [0, 0.05) is 11.3 Å². The van der Waals surface area contributed by atoms with E-state index in [4.69, 9.17) is 0 Å². The summed E-state index contributed by atoms with van der Waals surface area (Å²) in [4.78, 5) is 13.0. The summed E-state index contributed by atoms with van der Waals surface area (Å²) in [7, 11) is -4.12. The highest BCUT2D eigenvalue weighted by molar-refractivity contribution is 7.89. The number of hydrogen-bond donors (Lipinski definition) is 0. The van der Waals surface area contributed by atoms with Crippen LogP contribution in [0.25, 0.3) is 0 Å². The van der Waals surface area contributed by atoms with Crippen LogP contribution in [0.5, 0.6) is 0 Å². The predicted molar refractivity (Wildman–Crippen MR) is 109 cm³/mol. The minimum absolute atomic E-state index is 0.0912. The van der Waals surface area contributed by atoms with Crippen LogP contribution in [0.4, 0.5) is 26.3 Å². The van der Waals surface area contributed by atoms with Crippen LogP contribution in [0.1, 0.15) is 74.0 Å². The number of alkyl halides is 6. The van der Waals surface area contributed by atoms with Crippen LogP contribution in [0.3, 0.4) is 0 Å². The summed E-state index contributed by atoms with van der Waals surface area (Å²) in [6.07, 6.45) is -8.41. The van der Waals surface area contributed by atoms with E-state index in [1.807, 2.05) is 0 Å². The van der Waals surface area contributed by atoms with Gasteiger partial charge in [0.15, 0.2) is 11.4 Å². The third-order valence-electron chi connectivity index (χ3n) is 5.69. The molecule has 190 valence electrons. The molecule has 0 bridgehead atoms. The summed E-state index contributed by atoms with van der Waals surface area (Å²) in [6, 6.07) is 1.49. The molecule has 3 atom stereocenters. The van der Waals surface area contributed by atoms with E-state index in [1.165, 1.54) is 6.92 Å². The molecule has 0 radical (unpaired) electrons. The number of nitrogens with zero attached hydrogens (tertiary/aromatic N) is 4. The maximum Gasteiger partial charge on any atom is 0.435 e. The van der Waals surface area contributed by atoms with Gasteiger partial charge in [-0.05, 0) is 36.8 Å².